The summed E-state index contributed by atoms with van der Waals surface area (Å²) in [6.45, 7) is 0. The quantitative estimate of drug-likeness (QED) is 0.488. The molecule has 2 atom stereocenters. The minimum Gasteiger partial charge on any atom is -0.0705 e. The molecule has 0 aromatic carbocycles. The number of hydrogen-bond acceptors (Lipinski definition) is 0. The average molecular weight is 176 g/mol. The van der Waals surface area contributed by atoms with Gasteiger partial charge >= 0.3 is 0 Å². The van der Waals surface area contributed by atoms with Crippen LogP contribution in [0.25, 0.3) is 0 Å². The fourth-order valence-corrected chi connectivity index (χ4v) is 3.86. The van der Waals surface area contributed by atoms with Crippen molar-refractivity contribution >= 4 is 0 Å². The Labute approximate surface area is 81.4 Å². The van der Waals surface area contributed by atoms with Crippen LogP contribution in [0.15, 0.2) is 11.1 Å². The lowest BCUT2D eigenvalue weighted by Gasteiger charge is -2.40. The summed E-state index contributed by atoms with van der Waals surface area (Å²) in [4.78, 5) is 0. The first-order valence-electron chi connectivity index (χ1n) is 6.14. The Morgan fingerprint density at radius 1 is 0.923 bits per heavy atom. The highest BCUT2D eigenvalue weighted by Crippen LogP contribution is 2.47. The Hall–Kier alpha value is -0.260. The second-order valence-electron chi connectivity index (χ2n) is 5.27. The van der Waals surface area contributed by atoms with E-state index in [9.17, 15) is 0 Å². The van der Waals surface area contributed by atoms with Crippen molar-refractivity contribution in [3.05, 3.63) is 11.1 Å². The molecule has 2 bridgehead atoms. The molecule has 0 aromatic heterocycles. The Bertz CT molecular complexity index is 236. The summed E-state index contributed by atoms with van der Waals surface area (Å²) in [7, 11) is 0. The van der Waals surface area contributed by atoms with Gasteiger partial charge in [-0.1, -0.05) is 24.0 Å². The highest BCUT2D eigenvalue weighted by Gasteiger charge is 2.32. The lowest BCUT2D eigenvalue weighted by Crippen LogP contribution is -2.25. The summed E-state index contributed by atoms with van der Waals surface area (Å²) in [5.41, 5.74) is 3.84. The maximum absolute atomic E-state index is 1.93. The van der Waals surface area contributed by atoms with E-state index in [1.807, 2.05) is 11.1 Å². The molecule has 0 aliphatic heterocycles. The molecule has 0 N–H and O–H groups in total. The van der Waals surface area contributed by atoms with Gasteiger partial charge in [-0.05, 0) is 56.8 Å². The fraction of sp³-hybridized carbons (Fsp3) is 0.846. The minimum absolute atomic E-state index is 1.04. The van der Waals surface area contributed by atoms with Gasteiger partial charge in [0.15, 0.2) is 0 Å². The smallest absolute Gasteiger partial charge is 0.0198 e. The van der Waals surface area contributed by atoms with Crippen molar-refractivity contribution in [2.24, 2.45) is 11.8 Å². The molecule has 1 fully saturated rings. The first kappa shape index (κ1) is 8.08. The largest absolute Gasteiger partial charge is 0.0705 e. The highest BCUT2D eigenvalue weighted by atomic mass is 14.4. The van der Waals surface area contributed by atoms with Gasteiger partial charge in [0.25, 0.3) is 0 Å². The maximum atomic E-state index is 1.93. The molecule has 3 rings (SSSR count). The van der Waals surface area contributed by atoms with Crippen LogP contribution in [-0.4, -0.2) is 0 Å². The Morgan fingerprint density at radius 3 is 2.85 bits per heavy atom. The second kappa shape index (κ2) is 3.15. The standard InChI is InChI=1S/C13H20/c1-2-7-13-11(5-1)8-10-4-3-6-12(13)9-10/h10,12H,1-9H2. The topological polar surface area (TPSA) is 0 Å². The summed E-state index contributed by atoms with van der Waals surface area (Å²) in [5.74, 6) is 2.14. The molecule has 13 heavy (non-hydrogen) atoms. The zero-order valence-corrected chi connectivity index (χ0v) is 8.52. The van der Waals surface area contributed by atoms with Gasteiger partial charge in [0.05, 0.1) is 0 Å². The van der Waals surface area contributed by atoms with E-state index in [1.54, 1.807) is 6.42 Å². The third kappa shape index (κ3) is 1.35. The van der Waals surface area contributed by atoms with Gasteiger partial charge in [0.1, 0.15) is 0 Å². The van der Waals surface area contributed by atoms with Crippen LogP contribution in [0.3, 0.4) is 0 Å². The summed E-state index contributed by atoms with van der Waals surface area (Å²) >= 11 is 0. The van der Waals surface area contributed by atoms with Gasteiger partial charge < -0.3 is 0 Å². The molecule has 2 unspecified atom stereocenters. The predicted molar refractivity (Wildman–Crippen MR) is 55.6 cm³/mol. The van der Waals surface area contributed by atoms with E-state index in [-0.39, 0.29) is 0 Å². The molecule has 0 spiro atoms. The summed E-state index contributed by atoms with van der Waals surface area (Å²) < 4.78 is 0. The molecule has 72 valence electrons. The third-order valence-electron chi connectivity index (χ3n) is 4.44. The van der Waals surface area contributed by atoms with E-state index >= 15 is 0 Å². The van der Waals surface area contributed by atoms with E-state index in [1.165, 1.54) is 51.4 Å². The van der Waals surface area contributed by atoms with Crippen molar-refractivity contribution in [1.82, 2.24) is 0 Å². The molecule has 0 radical (unpaired) electrons. The van der Waals surface area contributed by atoms with Crippen LogP contribution in [0.4, 0.5) is 0 Å². The van der Waals surface area contributed by atoms with Crippen LogP contribution in [0.5, 0.6) is 0 Å². The molecule has 0 aromatic rings. The molecule has 0 saturated heterocycles. The highest BCUT2D eigenvalue weighted by molar-refractivity contribution is 5.24. The fourth-order valence-electron chi connectivity index (χ4n) is 3.86. The van der Waals surface area contributed by atoms with Crippen molar-refractivity contribution < 1.29 is 0 Å². The molecule has 3 aliphatic rings. The second-order valence-corrected chi connectivity index (χ2v) is 5.27. The monoisotopic (exact) mass is 176 g/mol. The maximum Gasteiger partial charge on any atom is -0.0198 e. The van der Waals surface area contributed by atoms with E-state index in [0.29, 0.717) is 0 Å². The first-order valence-corrected chi connectivity index (χ1v) is 6.14. The van der Waals surface area contributed by atoms with E-state index in [0.717, 1.165) is 11.8 Å². The molecular formula is C13H20. The van der Waals surface area contributed by atoms with Crippen LogP contribution >= 0.6 is 0 Å². The number of allylic oxidation sites excluding steroid dienone is 2. The van der Waals surface area contributed by atoms with Crippen molar-refractivity contribution in [2.45, 2.75) is 57.8 Å². The Kier molecular flexibility index (Phi) is 1.96. The van der Waals surface area contributed by atoms with Gasteiger partial charge in [0.2, 0.25) is 0 Å². The van der Waals surface area contributed by atoms with Crippen LogP contribution < -0.4 is 0 Å². The van der Waals surface area contributed by atoms with E-state index in [2.05, 4.69) is 0 Å². The van der Waals surface area contributed by atoms with Crippen molar-refractivity contribution in [3.63, 3.8) is 0 Å². The molecular weight excluding hydrogens is 156 g/mol. The van der Waals surface area contributed by atoms with Gasteiger partial charge in [-0.25, -0.2) is 0 Å². The van der Waals surface area contributed by atoms with Gasteiger partial charge in [-0.15, -0.1) is 0 Å². The normalized spacial score (nSPS) is 38.8. The summed E-state index contributed by atoms with van der Waals surface area (Å²) in [6.07, 6.45) is 13.5. The summed E-state index contributed by atoms with van der Waals surface area (Å²) in [6, 6.07) is 0. The minimum atomic E-state index is 1.04. The predicted octanol–water partition coefficient (Wildman–Crippen LogP) is 4.07. The molecule has 0 heterocycles. The zero-order chi connectivity index (χ0) is 8.67. The number of rotatable bonds is 0. The van der Waals surface area contributed by atoms with Gasteiger partial charge in [0, 0.05) is 0 Å². The van der Waals surface area contributed by atoms with Crippen LogP contribution in [0, 0.1) is 11.8 Å². The number of hydrogen-bond donors (Lipinski definition) is 0. The van der Waals surface area contributed by atoms with E-state index in [4.69, 9.17) is 0 Å². The number of fused-ring (bicyclic) bond motifs is 3. The van der Waals surface area contributed by atoms with Crippen molar-refractivity contribution in [2.75, 3.05) is 0 Å². The molecule has 1 saturated carbocycles. The van der Waals surface area contributed by atoms with Gasteiger partial charge in [-0.3, -0.25) is 0 Å². The molecule has 0 amide bonds. The SMILES string of the molecule is C1CCC2=C(C1)CC1CCCC2C1. The first-order chi connectivity index (χ1) is 6.43. The van der Waals surface area contributed by atoms with Crippen LogP contribution in [0.1, 0.15) is 57.8 Å². The zero-order valence-electron chi connectivity index (χ0n) is 8.52. The average Bonchev–Trinajstić information content (AvgIpc) is 2.18. The molecule has 0 heteroatoms. The third-order valence-corrected chi connectivity index (χ3v) is 4.44. The Morgan fingerprint density at radius 2 is 1.85 bits per heavy atom. The van der Waals surface area contributed by atoms with E-state index < -0.39 is 0 Å². The summed E-state index contributed by atoms with van der Waals surface area (Å²) in [5, 5.41) is 0. The van der Waals surface area contributed by atoms with Crippen LogP contribution in [0.2, 0.25) is 0 Å². The Balaban J connectivity index is 1.91. The van der Waals surface area contributed by atoms with Gasteiger partial charge in [-0.2, -0.15) is 0 Å². The lowest BCUT2D eigenvalue weighted by molar-refractivity contribution is 0.256. The van der Waals surface area contributed by atoms with Crippen LogP contribution in [-0.2, 0) is 0 Å². The lowest BCUT2D eigenvalue weighted by atomic mass is 9.66. The molecule has 3 aliphatic carbocycles. The molecule has 0 nitrogen and oxygen atoms in total. The van der Waals surface area contributed by atoms with Crippen molar-refractivity contribution in [1.29, 1.82) is 0 Å². The van der Waals surface area contributed by atoms with Crippen molar-refractivity contribution in [3.8, 4) is 0 Å².